The topological polar surface area (TPSA) is 37.8 Å². The van der Waals surface area contributed by atoms with Crippen LogP contribution in [0.3, 0.4) is 0 Å². The van der Waals surface area contributed by atoms with Gasteiger partial charge < -0.3 is 5.32 Å². The Morgan fingerprint density at radius 2 is 1.76 bits per heavy atom. The first-order valence-corrected chi connectivity index (χ1v) is 8.31. The summed E-state index contributed by atoms with van der Waals surface area (Å²) >= 11 is 6.83. The molecule has 0 spiro atoms. The predicted octanol–water partition coefficient (Wildman–Crippen LogP) is 6.04. The van der Waals surface area contributed by atoms with Gasteiger partial charge >= 0.3 is 6.18 Å². The van der Waals surface area contributed by atoms with E-state index in [4.69, 9.17) is 11.6 Å². The first-order valence-electron chi connectivity index (χ1n) is 7.11. The lowest BCUT2D eigenvalue weighted by atomic mass is 10.3. The van der Waals surface area contributed by atoms with Crippen LogP contribution in [0.4, 0.5) is 24.8 Å². The Balaban J connectivity index is 1.95. The Morgan fingerprint density at radius 3 is 2.44 bits per heavy atom. The third kappa shape index (κ3) is 4.64. The van der Waals surface area contributed by atoms with E-state index in [-0.39, 0.29) is 11.0 Å². The molecule has 0 atom stereocenters. The second-order valence-electron chi connectivity index (χ2n) is 4.96. The summed E-state index contributed by atoms with van der Waals surface area (Å²) in [5.74, 6) is 0.0636. The van der Waals surface area contributed by atoms with Gasteiger partial charge in [-0.2, -0.15) is 13.2 Å². The Kier molecular flexibility index (Phi) is 5.15. The van der Waals surface area contributed by atoms with Crippen LogP contribution in [0.25, 0.3) is 0 Å². The molecule has 128 valence electrons. The van der Waals surface area contributed by atoms with Gasteiger partial charge in [0.15, 0.2) is 0 Å². The lowest BCUT2D eigenvalue weighted by Crippen LogP contribution is -2.10. The first-order chi connectivity index (χ1) is 11.9. The van der Waals surface area contributed by atoms with Gasteiger partial charge in [-0.1, -0.05) is 47.6 Å². The Hall–Kier alpha value is -2.25. The molecular weight excluding hydrogens is 371 g/mol. The van der Waals surface area contributed by atoms with E-state index in [2.05, 4.69) is 15.3 Å². The van der Waals surface area contributed by atoms with Crippen molar-refractivity contribution in [1.82, 2.24) is 9.97 Å². The van der Waals surface area contributed by atoms with Crippen LogP contribution in [0, 0.1) is 0 Å². The maximum absolute atomic E-state index is 13.2. The van der Waals surface area contributed by atoms with E-state index in [1.54, 1.807) is 54.6 Å². The van der Waals surface area contributed by atoms with Crippen molar-refractivity contribution >= 4 is 35.0 Å². The lowest BCUT2D eigenvalue weighted by molar-refractivity contribution is -0.140. The van der Waals surface area contributed by atoms with Crippen LogP contribution in [-0.2, 0) is 6.18 Å². The summed E-state index contributed by atoms with van der Waals surface area (Å²) in [6, 6.07) is 15.5. The summed E-state index contributed by atoms with van der Waals surface area (Å²) < 4.78 is 39.7. The third-order valence-corrected chi connectivity index (χ3v) is 4.35. The minimum absolute atomic E-state index is 0.0636. The summed E-state index contributed by atoms with van der Waals surface area (Å²) in [6.45, 7) is 0. The number of nitrogens with zero attached hydrogens (tertiary/aromatic N) is 2. The maximum Gasteiger partial charge on any atom is 0.420 e. The molecule has 2 aromatic carbocycles. The average Bonchev–Trinajstić information content (AvgIpc) is 2.55. The lowest BCUT2D eigenvalue weighted by Gasteiger charge is -2.13. The van der Waals surface area contributed by atoms with Crippen LogP contribution in [0.2, 0.25) is 5.02 Å². The Morgan fingerprint density at radius 1 is 1.00 bits per heavy atom. The third-order valence-electron chi connectivity index (χ3n) is 3.10. The van der Waals surface area contributed by atoms with Gasteiger partial charge in [0.25, 0.3) is 0 Å². The van der Waals surface area contributed by atoms with E-state index in [1.807, 2.05) is 0 Å². The highest BCUT2D eigenvalue weighted by atomic mass is 35.5. The van der Waals surface area contributed by atoms with Crippen LogP contribution in [-0.4, -0.2) is 9.97 Å². The van der Waals surface area contributed by atoms with E-state index < -0.39 is 11.7 Å². The molecule has 0 bridgehead atoms. The molecular formula is C17H11ClF3N3S. The van der Waals surface area contributed by atoms with Gasteiger partial charge in [0, 0.05) is 21.8 Å². The van der Waals surface area contributed by atoms with E-state index >= 15 is 0 Å². The van der Waals surface area contributed by atoms with Crippen molar-refractivity contribution in [2.75, 3.05) is 5.32 Å². The van der Waals surface area contributed by atoms with Gasteiger partial charge in [0.2, 0.25) is 5.95 Å². The van der Waals surface area contributed by atoms with Crippen LogP contribution in [0.5, 0.6) is 0 Å². The molecule has 3 rings (SSSR count). The SMILES string of the molecule is FC(F)(F)c1cnc(Nc2cccc(Cl)c2)nc1Sc1ccccc1. The molecule has 0 unspecified atom stereocenters. The van der Waals surface area contributed by atoms with E-state index in [1.165, 1.54) is 0 Å². The van der Waals surface area contributed by atoms with E-state index in [9.17, 15) is 13.2 Å². The fourth-order valence-electron chi connectivity index (χ4n) is 1.99. The van der Waals surface area contributed by atoms with Gasteiger partial charge in [0.1, 0.15) is 10.6 Å². The number of alkyl halides is 3. The minimum atomic E-state index is -4.54. The van der Waals surface area contributed by atoms with Crippen molar-refractivity contribution < 1.29 is 13.2 Å². The fraction of sp³-hybridized carbons (Fsp3) is 0.0588. The smallest absolute Gasteiger partial charge is 0.324 e. The maximum atomic E-state index is 13.2. The molecule has 0 aliphatic rings. The van der Waals surface area contributed by atoms with Gasteiger partial charge in [-0.3, -0.25) is 0 Å². The summed E-state index contributed by atoms with van der Waals surface area (Å²) in [4.78, 5) is 8.46. The highest BCUT2D eigenvalue weighted by Crippen LogP contribution is 2.38. The van der Waals surface area contributed by atoms with Crippen molar-refractivity contribution in [3.63, 3.8) is 0 Å². The molecule has 0 amide bonds. The number of halogens is 4. The van der Waals surface area contributed by atoms with Crippen LogP contribution in [0.1, 0.15) is 5.56 Å². The van der Waals surface area contributed by atoms with E-state index in [0.29, 0.717) is 15.6 Å². The number of nitrogens with one attached hydrogen (secondary N) is 1. The monoisotopic (exact) mass is 381 g/mol. The summed E-state index contributed by atoms with van der Waals surface area (Å²) in [5.41, 5.74) is -0.291. The van der Waals surface area contributed by atoms with Crippen LogP contribution >= 0.6 is 23.4 Å². The zero-order valence-corrected chi connectivity index (χ0v) is 14.2. The van der Waals surface area contributed by atoms with Crippen molar-refractivity contribution in [3.05, 3.63) is 71.4 Å². The number of hydrogen-bond donors (Lipinski definition) is 1. The summed E-state index contributed by atoms with van der Waals surface area (Å²) in [6.07, 6.45) is -3.75. The van der Waals surface area contributed by atoms with Crippen molar-refractivity contribution in [1.29, 1.82) is 0 Å². The van der Waals surface area contributed by atoms with Gasteiger partial charge in [-0.25, -0.2) is 9.97 Å². The largest absolute Gasteiger partial charge is 0.420 e. The highest BCUT2D eigenvalue weighted by molar-refractivity contribution is 7.99. The van der Waals surface area contributed by atoms with Crippen molar-refractivity contribution in [3.8, 4) is 0 Å². The summed E-state index contributed by atoms with van der Waals surface area (Å²) in [7, 11) is 0. The molecule has 3 nitrogen and oxygen atoms in total. The van der Waals surface area contributed by atoms with Crippen LogP contribution < -0.4 is 5.32 Å². The van der Waals surface area contributed by atoms with Gasteiger partial charge in [-0.05, 0) is 30.3 Å². The molecule has 1 heterocycles. The Labute approximate surface area is 151 Å². The standard InChI is InChI=1S/C17H11ClF3N3S/c18-11-5-4-6-12(9-11)23-16-22-10-14(17(19,20)21)15(24-16)25-13-7-2-1-3-8-13/h1-10H,(H,22,23,24). The average molecular weight is 382 g/mol. The molecule has 3 aromatic rings. The number of rotatable bonds is 4. The first kappa shape index (κ1) is 17.6. The minimum Gasteiger partial charge on any atom is -0.324 e. The Bertz CT molecular complexity index is 873. The molecule has 25 heavy (non-hydrogen) atoms. The molecule has 0 fully saturated rings. The summed E-state index contributed by atoms with van der Waals surface area (Å²) in [5, 5.41) is 3.19. The number of aromatic nitrogens is 2. The molecule has 0 aliphatic heterocycles. The second-order valence-corrected chi connectivity index (χ2v) is 6.46. The molecule has 1 aromatic heterocycles. The zero-order chi connectivity index (χ0) is 17.9. The molecule has 1 N–H and O–H groups in total. The predicted molar refractivity (Wildman–Crippen MR) is 92.3 cm³/mol. The number of benzene rings is 2. The molecule has 0 saturated carbocycles. The highest BCUT2D eigenvalue weighted by Gasteiger charge is 2.35. The van der Waals surface area contributed by atoms with Crippen LogP contribution in [0.15, 0.2) is 70.7 Å². The molecule has 0 aliphatic carbocycles. The van der Waals surface area contributed by atoms with E-state index in [0.717, 1.165) is 18.0 Å². The van der Waals surface area contributed by atoms with Gasteiger partial charge in [0.05, 0.1) is 0 Å². The van der Waals surface area contributed by atoms with Gasteiger partial charge in [-0.15, -0.1) is 0 Å². The fourth-order valence-corrected chi connectivity index (χ4v) is 3.11. The zero-order valence-electron chi connectivity index (χ0n) is 12.6. The molecule has 0 radical (unpaired) electrons. The molecule has 0 saturated heterocycles. The number of hydrogen-bond acceptors (Lipinski definition) is 4. The van der Waals surface area contributed by atoms with Crippen molar-refractivity contribution in [2.45, 2.75) is 16.1 Å². The molecule has 8 heteroatoms. The quantitative estimate of drug-likeness (QED) is 0.559. The van der Waals surface area contributed by atoms with Crippen molar-refractivity contribution in [2.24, 2.45) is 0 Å². The second kappa shape index (κ2) is 7.33. The normalized spacial score (nSPS) is 11.4. The number of anilines is 2.